The van der Waals surface area contributed by atoms with Gasteiger partial charge in [-0.2, -0.15) is 5.26 Å². The van der Waals surface area contributed by atoms with Crippen LogP contribution >= 0.6 is 0 Å². The van der Waals surface area contributed by atoms with Gasteiger partial charge in [0, 0.05) is 0 Å². The second-order valence-electron chi connectivity index (χ2n) is 9.71. The highest BCUT2D eigenvalue weighted by molar-refractivity contribution is 5.81. The van der Waals surface area contributed by atoms with Crippen LogP contribution in [0.15, 0.2) is 78.9 Å². The lowest BCUT2D eigenvalue weighted by Crippen LogP contribution is -2.47. The molecule has 2 aliphatic rings. The molecule has 0 unspecified atom stereocenters. The predicted octanol–water partition coefficient (Wildman–Crippen LogP) is 5.30. The zero-order valence-corrected chi connectivity index (χ0v) is 19.4. The summed E-state index contributed by atoms with van der Waals surface area (Å²) in [4.78, 5) is 14.6. The Hall–Kier alpha value is -3.42. The van der Waals surface area contributed by atoms with Gasteiger partial charge in [-0.05, 0) is 79.6 Å². The molecule has 172 valence electrons. The smallest absolute Gasteiger partial charge is 0.314 e. The lowest BCUT2D eigenvalue weighted by Gasteiger charge is -2.40. The van der Waals surface area contributed by atoms with Crippen molar-refractivity contribution in [1.29, 1.82) is 5.26 Å². The number of rotatable bonds is 6. The quantitative estimate of drug-likeness (QED) is 0.554. The Labute approximate surface area is 201 Å². The number of benzene rings is 3. The molecule has 5 rings (SSSR count). The number of carboxylic acids is 1. The van der Waals surface area contributed by atoms with Crippen molar-refractivity contribution in [3.63, 3.8) is 0 Å². The fourth-order valence-corrected chi connectivity index (χ4v) is 6.09. The average Bonchev–Trinajstić information content (AvgIpc) is 2.89. The minimum Gasteiger partial charge on any atom is -0.481 e. The van der Waals surface area contributed by atoms with Crippen LogP contribution in [0.4, 0.5) is 0 Å². The molecule has 1 N–H and O–H groups in total. The summed E-state index contributed by atoms with van der Waals surface area (Å²) in [7, 11) is 0. The number of piperidine rings is 1. The van der Waals surface area contributed by atoms with Gasteiger partial charge < -0.3 is 10.0 Å². The Morgan fingerprint density at radius 2 is 1.44 bits per heavy atom. The number of hydrogen-bond donors (Lipinski definition) is 1. The first kappa shape index (κ1) is 22.4. The molecular weight excluding hydrogens is 420 g/mol. The Kier molecular flexibility index (Phi) is 5.98. The molecule has 3 aromatic rings. The second-order valence-corrected chi connectivity index (χ2v) is 9.71. The van der Waals surface area contributed by atoms with Crippen molar-refractivity contribution in [2.45, 2.75) is 42.9 Å². The summed E-state index contributed by atoms with van der Waals surface area (Å²) in [5.74, 6) is -0.725. The van der Waals surface area contributed by atoms with E-state index in [0.29, 0.717) is 12.8 Å². The molecule has 0 atom stereocenters. The third-order valence-corrected chi connectivity index (χ3v) is 8.00. The lowest BCUT2D eigenvalue weighted by atomic mass is 9.65. The van der Waals surface area contributed by atoms with E-state index in [2.05, 4.69) is 47.4 Å². The van der Waals surface area contributed by atoms with Crippen molar-refractivity contribution in [2.75, 3.05) is 19.6 Å². The average molecular weight is 451 g/mol. The first-order valence-corrected chi connectivity index (χ1v) is 12.2. The lowest BCUT2D eigenvalue weighted by molar-refractivity contribution is -0.146. The van der Waals surface area contributed by atoms with Gasteiger partial charge in [0.1, 0.15) is 5.41 Å². The molecule has 1 aliphatic heterocycles. The van der Waals surface area contributed by atoms with E-state index in [1.807, 2.05) is 42.5 Å². The molecule has 1 heterocycles. The maximum atomic E-state index is 12.3. The minimum absolute atomic E-state index is 0.613. The van der Waals surface area contributed by atoms with E-state index in [1.165, 1.54) is 11.1 Å². The van der Waals surface area contributed by atoms with Crippen LogP contribution in [0.2, 0.25) is 0 Å². The highest BCUT2D eigenvalue weighted by atomic mass is 16.4. The van der Waals surface area contributed by atoms with Gasteiger partial charge in [-0.15, -0.1) is 0 Å². The van der Waals surface area contributed by atoms with Gasteiger partial charge >= 0.3 is 5.97 Å². The van der Waals surface area contributed by atoms with Crippen molar-refractivity contribution in [3.8, 4) is 6.07 Å². The molecule has 0 radical (unpaired) electrons. The maximum Gasteiger partial charge on any atom is 0.314 e. The number of nitriles is 1. The van der Waals surface area contributed by atoms with Gasteiger partial charge in [0.25, 0.3) is 0 Å². The monoisotopic (exact) mass is 450 g/mol. The summed E-state index contributed by atoms with van der Waals surface area (Å²) >= 11 is 0. The Morgan fingerprint density at radius 1 is 0.882 bits per heavy atom. The zero-order valence-electron chi connectivity index (χ0n) is 19.4. The Balaban J connectivity index is 1.31. The molecule has 0 bridgehead atoms. The van der Waals surface area contributed by atoms with Crippen molar-refractivity contribution < 1.29 is 9.90 Å². The number of fused-ring (bicyclic) bond motifs is 2. The fraction of sp³-hybridized carbons (Fsp3) is 0.333. The number of likely N-dealkylation sites (tertiary alicyclic amines) is 1. The van der Waals surface area contributed by atoms with Crippen LogP contribution in [0, 0.1) is 11.3 Å². The number of carboxylic acid groups (broad SMARTS) is 1. The summed E-state index contributed by atoms with van der Waals surface area (Å²) in [6, 6.07) is 29.1. The van der Waals surface area contributed by atoms with E-state index in [9.17, 15) is 15.2 Å². The van der Waals surface area contributed by atoms with Crippen LogP contribution in [-0.2, 0) is 22.0 Å². The molecule has 1 saturated heterocycles. The minimum atomic E-state index is -0.799. The normalized spacial score (nSPS) is 18.3. The van der Waals surface area contributed by atoms with Crippen LogP contribution < -0.4 is 0 Å². The third kappa shape index (κ3) is 3.71. The molecular formula is C30H30N2O2. The molecule has 4 nitrogen and oxygen atoms in total. The molecule has 0 aromatic heterocycles. The van der Waals surface area contributed by atoms with Crippen LogP contribution in [0.1, 0.15) is 53.5 Å². The molecule has 3 aromatic carbocycles. The van der Waals surface area contributed by atoms with E-state index in [1.54, 1.807) is 0 Å². The molecule has 1 fully saturated rings. The number of aliphatic carboxylic acids is 1. The van der Waals surface area contributed by atoms with Gasteiger partial charge in [-0.1, -0.05) is 78.9 Å². The first-order chi connectivity index (χ1) is 16.6. The first-order valence-electron chi connectivity index (χ1n) is 12.2. The van der Waals surface area contributed by atoms with Crippen LogP contribution in [0.5, 0.6) is 0 Å². The standard InChI is InChI=1S/C30H30N2O2/c31-22-30(26-13-6-4-9-23(26)21-24-10-5-7-14-27(24)30)15-8-18-32-19-16-29(17-20-32,28(33)34)25-11-2-1-3-12-25/h1-7,9-14H,8,15-21H2,(H,33,34). The topological polar surface area (TPSA) is 64.3 Å². The Bertz CT molecular complexity index is 1170. The summed E-state index contributed by atoms with van der Waals surface area (Å²) in [6.07, 6.45) is 3.75. The van der Waals surface area contributed by atoms with Crippen molar-refractivity contribution in [1.82, 2.24) is 4.90 Å². The summed E-state index contributed by atoms with van der Waals surface area (Å²) in [6.45, 7) is 2.39. The maximum absolute atomic E-state index is 12.3. The predicted molar refractivity (Wildman–Crippen MR) is 133 cm³/mol. The highest BCUT2D eigenvalue weighted by Crippen LogP contribution is 2.44. The number of carbonyl (C=O) groups is 1. The van der Waals surface area contributed by atoms with Crippen molar-refractivity contribution >= 4 is 5.97 Å². The highest BCUT2D eigenvalue weighted by Gasteiger charge is 2.44. The van der Waals surface area contributed by atoms with Gasteiger partial charge in [-0.3, -0.25) is 4.79 Å². The van der Waals surface area contributed by atoms with Gasteiger partial charge in [-0.25, -0.2) is 0 Å². The molecule has 0 saturated carbocycles. The summed E-state index contributed by atoms with van der Waals surface area (Å²) in [5, 5.41) is 20.6. The summed E-state index contributed by atoms with van der Waals surface area (Å²) in [5.41, 5.74) is 4.25. The Morgan fingerprint density at radius 3 is 2.00 bits per heavy atom. The van der Waals surface area contributed by atoms with Crippen LogP contribution in [-0.4, -0.2) is 35.6 Å². The molecule has 4 heteroatoms. The van der Waals surface area contributed by atoms with Crippen molar-refractivity contribution in [2.24, 2.45) is 0 Å². The van der Waals surface area contributed by atoms with E-state index >= 15 is 0 Å². The summed E-state index contributed by atoms with van der Waals surface area (Å²) < 4.78 is 0. The van der Waals surface area contributed by atoms with Gasteiger partial charge in [0.15, 0.2) is 0 Å². The SMILES string of the molecule is N#CC1(CCCN2CCC(C(=O)O)(c3ccccc3)CC2)c2ccccc2Cc2ccccc21. The van der Waals surface area contributed by atoms with Gasteiger partial charge in [0.2, 0.25) is 0 Å². The molecule has 0 amide bonds. The number of hydrogen-bond acceptors (Lipinski definition) is 3. The van der Waals surface area contributed by atoms with Crippen LogP contribution in [0.3, 0.4) is 0 Å². The third-order valence-electron chi connectivity index (χ3n) is 8.00. The van der Waals surface area contributed by atoms with Crippen molar-refractivity contribution in [3.05, 3.63) is 107 Å². The van der Waals surface area contributed by atoms with E-state index in [0.717, 1.165) is 55.6 Å². The van der Waals surface area contributed by atoms with E-state index in [4.69, 9.17) is 0 Å². The largest absolute Gasteiger partial charge is 0.481 e. The van der Waals surface area contributed by atoms with E-state index in [-0.39, 0.29) is 0 Å². The molecule has 0 spiro atoms. The second kappa shape index (κ2) is 9.08. The van der Waals surface area contributed by atoms with Crippen LogP contribution in [0.25, 0.3) is 0 Å². The molecule has 34 heavy (non-hydrogen) atoms. The molecule has 1 aliphatic carbocycles. The van der Waals surface area contributed by atoms with E-state index < -0.39 is 16.8 Å². The fourth-order valence-electron chi connectivity index (χ4n) is 6.09. The van der Waals surface area contributed by atoms with Gasteiger partial charge in [0.05, 0.1) is 11.5 Å². The zero-order chi connectivity index (χ0) is 23.6. The number of nitrogens with zero attached hydrogens (tertiary/aromatic N) is 2.